The summed E-state index contributed by atoms with van der Waals surface area (Å²) < 4.78 is 16.6. The second-order valence-corrected chi connectivity index (χ2v) is 7.23. The predicted molar refractivity (Wildman–Crippen MR) is 108 cm³/mol. The van der Waals surface area contributed by atoms with E-state index in [9.17, 15) is 14.3 Å². The van der Waals surface area contributed by atoms with Gasteiger partial charge in [0.1, 0.15) is 5.82 Å². The molecular weight excluding hydrogens is 387 g/mol. The number of hydrogen-bond donors (Lipinski definition) is 2. The van der Waals surface area contributed by atoms with Gasteiger partial charge in [-0.2, -0.15) is 5.10 Å². The highest BCUT2D eigenvalue weighted by Crippen LogP contribution is 2.24. The highest BCUT2D eigenvalue weighted by molar-refractivity contribution is 5.92. The molecule has 0 aliphatic carbocycles. The number of halogens is 1. The van der Waals surface area contributed by atoms with Crippen molar-refractivity contribution in [2.75, 3.05) is 18.0 Å². The van der Waals surface area contributed by atoms with Crippen LogP contribution in [0.15, 0.2) is 67.3 Å². The summed E-state index contributed by atoms with van der Waals surface area (Å²) in [7, 11) is 0. The molecule has 1 aliphatic rings. The summed E-state index contributed by atoms with van der Waals surface area (Å²) in [5.41, 5.74) is 1.81. The highest BCUT2D eigenvalue weighted by Gasteiger charge is 2.34. The number of fused-ring (bicyclic) bond motifs is 1. The lowest BCUT2D eigenvalue weighted by Gasteiger charge is -2.18. The topological polar surface area (TPSA) is 87.7 Å². The molecule has 1 amide bonds. The average Bonchev–Trinajstić information content (AvgIpc) is 3.48. The Balaban J connectivity index is 1.30. The summed E-state index contributed by atoms with van der Waals surface area (Å²) in [5.74, 6) is 0.0449. The van der Waals surface area contributed by atoms with Gasteiger partial charge in [-0.3, -0.25) is 4.79 Å². The van der Waals surface area contributed by atoms with Crippen molar-refractivity contribution < 1.29 is 14.3 Å². The number of nitrogens with one attached hydrogen (secondary N) is 1. The van der Waals surface area contributed by atoms with Gasteiger partial charge in [-0.25, -0.2) is 14.1 Å². The minimum Gasteiger partial charge on any atom is -0.389 e. The predicted octanol–water partition coefficient (Wildman–Crippen LogP) is 1.64. The Kier molecular flexibility index (Phi) is 4.44. The maximum atomic E-state index is 13.1. The van der Waals surface area contributed by atoms with Crippen LogP contribution in [0.2, 0.25) is 0 Å². The average molecular weight is 406 g/mol. The van der Waals surface area contributed by atoms with Gasteiger partial charge in [0.25, 0.3) is 5.91 Å². The number of hydrogen-bond acceptors (Lipinski definition) is 5. The lowest BCUT2D eigenvalue weighted by atomic mass is 10.2. The number of carbonyl (C=O) groups is 1. The third-order valence-electron chi connectivity index (χ3n) is 5.25. The molecule has 1 aromatic carbocycles. The van der Waals surface area contributed by atoms with Crippen molar-refractivity contribution in [2.24, 2.45) is 0 Å². The third kappa shape index (κ3) is 3.29. The summed E-state index contributed by atoms with van der Waals surface area (Å²) in [6.07, 6.45) is 6.41. The van der Waals surface area contributed by atoms with Gasteiger partial charge in [-0.05, 0) is 42.5 Å². The number of aliphatic hydroxyl groups excluding tert-OH is 1. The zero-order valence-electron chi connectivity index (χ0n) is 15.9. The maximum absolute atomic E-state index is 13.1. The Labute approximate surface area is 171 Å². The Morgan fingerprint density at radius 2 is 1.93 bits per heavy atom. The Hall–Kier alpha value is -3.72. The Morgan fingerprint density at radius 1 is 1.10 bits per heavy atom. The summed E-state index contributed by atoms with van der Waals surface area (Å²) in [6.45, 7) is 0.802. The molecule has 5 rings (SSSR count). The first-order valence-electron chi connectivity index (χ1n) is 9.56. The summed E-state index contributed by atoms with van der Waals surface area (Å²) in [6, 6.07) is 10.9. The molecule has 4 heterocycles. The number of anilines is 1. The van der Waals surface area contributed by atoms with Crippen molar-refractivity contribution >= 4 is 17.2 Å². The molecule has 1 aliphatic heterocycles. The quantitative estimate of drug-likeness (QED) is 0.538. The van der Waals surface area contributed by atoms with Crippen LogP contribution in [0.3, 0.4) is 0 Å². The van der Waals surface area contributed by atoms with Crippen molar-refractivity contribution in [3.05, 3.63) is 78.8 Å². The second-order valence-electron chi connectivity index (χ2n) is 7.23. The number of rotatable bonds is 4. The van der Waals surface area contributed by atoms with Crippen molar-refractivity contribution in [3.63, 3.8) is 0 Å². The molecule has 0 saturated carbocycles. The molecule has 8 nitrogen and oxygen atoms in total. The molecule has 0 spiro atoms. The number of nitrogens with zero attached hydrogens (tertiary/aromatic N) is 5. The van der Waals surface area contributed by atoms with Crippen LogP contribution in [-0.4, -0.2) is 55.4 Å². The van der Waals surface area contributed by atoms with Crippen LogP contribution in [-0.2, 0) is 0 Å². The molecule has 1 saturated heterocycles. The smallest absolute Gasteiger partial charge is 0.272 e. The molecule has 9 heteroatoms. The molecule has 3 aromatic heterocycles. The van der Waals surface area contributed by atoms with E-state index in [0.29, 0.717) is 18.8 Å². The van der Waals surface area contributed by atoms with Gasteiger partial charge in [0, 0.05) is 37.9 Å². The fourth-order valence-corrected chi connectivity index (χ4v) is 3.73. The number of carbonyl (C=O) groups excluding carboxylic acids is 1. The maximum Gasteiger partial charge on any atom is 0.272 e. The van der Waals surface area contributed by atoms with Gasteiger partial charge in [0.05, 0.1) is 23.3 Å². The van der Waals surface area contributed by atoms with Crippen LogP contribution >= 0.6 is 0 Å². The molecule has 0 radical (unpaired) electrons. The molecular formula is C21H19FN6O2. The van der Waals surface area contributed by atoms with Crippen molar-refractivity contribution in [1.29, 1.82) is 0 Å². The van der Waals surface area contributed by atoms with E-state index >= 15 is 0 Å². The van der Waals surface area contributed by atoms with Crippen molar-refractivity contribution in [2.45, 2.75) is 12.1 Å². The van der Waals surface area contributed by atoms with E-state index in [0.717, 1.165) is 11.3 Å². The first kappa shape index (κ1) is 18.3. The zero-order valence-corrected chi connectivity index (χ0v) is 15.9. The number of aliphatic hydroxyl groups is 1. The van der Waals surface area contributed by atoms with Crippen LogP contribution in [0.4, 0.5) is 10.2 Å². The fraction of sp³-hybridized carbons (Fsp3) is 0.190. The molecule has 1 unspecified atom stereocenters. The van der Waals surface area contributed by atoms with E-state index in [2.05, 4.69) is 15.4 Å². The number of amides is 1. The van der Waals surface area contributed by atoms with Crippen LogP contribution in [0.5, 0.6) is 0 Å². The second kappa shape index (κ2) is 7.27. The lowest BCUT2D eigenvalue weighted by Crippen LogP contribution is -2.43. The first-order valence-corrected chi connectivity index (χ1v) is 9.56. The van der Waals surface area contributed by atoms with Gasteiger partial charge in [-0.15, -0.1) is 0 Å². The SMILES string of the molecule is O=C(NC1CN(c2nccn3cccc23)C[C@@H]1O)c1ccn(-c2ccc(F)cc2)n1. The monoisotopic (exact) mass is 406 g/mol. The Bertz CT molecular complexity index is 1200. The van der Waals surface area contributed by atoms with Gasteiger partial charge in [0.15, 0.2) is 11.5 Å². The zero-order chi connectivity index (χ0) is 20.7. The van der Waals surface area contributed by atoms with E-state index in [1.807, 2.05) is 33.8 Å². The van der Waals surface area contributed by atoms with E-state index in [1.165, 1.54) is 16.8 Å². The number of aromatic nitrogens is 4. The first-order chi connectivity index (χ1) is 14.6. The minimum atomic E-state index is -0.731. The van der Waals surface area contributed by atoms with E-state index in [-0.39, 0.29) is 17.4 Å². The molecule has 1 fully saturated rings. The number of β-amino-alcohol motifs (C(OH)–C–C–N with tert-alkyl or cyclic N) is 1. The van der Waals surface area contributed by atoms with Gasteiger partial charge in [0.2, 0.25) is 0 Å². The molecule has 0 bridgehead atoms. The summed E-state index contributed by atoms with van der Waals surface area (Å²) >= 11 is 0. The van der Waals surface area contributed by atoms with Gasteiger partial charge in [-0.1, -0.05) is 0 Å². The number of benzene rings is 1. The van der Waals surface area contributed by atoms with E-state index in [4.69, 9.17) is 0 Å². The molecule has 2 N–H and O–H groups in total. The normalized spacial score (nSPS) is 18.8. The van der Waals surface area contributed by atoms with Crippen LogP contribution in [0.25, 0.3) is 11.2 Å². The van der Waals surface area contributed by atoms with Gasteiger partial charge >= 0.3 is 0 Å². The fourth-order valence-electron chi connectivity index (χ4n) is 3.73. The molecule has 30 heavy (non-hydrogen) atoms. The van der Waals surface area contributed by atoms with E-state index in [1.54, 1.807) is 30.6 Å². The lowest BCUT2D eigenvalue weighted by molar-refractivity contribution is 0.0883. The van der Waals surface area contributed by atoms with E-state index < -0.39 is 12.1 Å². The standard InChI is InChI=1S/C21H19FN6O2/c22-14-3-5-15(6-4-14)28-10-7-16(25-28)21(30)24-17-12-27(13-19(17)29)20-18-2-1-9-26(18)11-8-23-20/h1-11,17,19,29H,12-13H2,(H,24,30)/t17?,19-/m0/s1. The molecule has 152 valence electrons. The van der Waals surface area contributed by atoms with Crippen molar-refractivity contribution in [3.8, 4) is 5.69 Å². The van der Waals surface area contributed by atoms with Crippen LogP contribution in [0.1, 0.15) is 10.5 Å². The summed E-state index contributed by atoms with van der Waals surface area (Å²) in [4.78, 5) is 19.1. The molecule has 2 atom stereocenters. The third-order valence-corrected chi connectivity index (χ3v) is 5.25. The van der Waals surface area contributed by atoms with Crippen LogP contribution < -0.4 is 10.2 Å². The Morgan fingerprint density at radius 3 is 2.77 bits per heavy atom. The molecule has 4 aromatic rings. The highest BCUT2D eigenvalue weighted by atomic mass is 19.1. The van der Waals surface area contributed by atoms with Crippen LogP contribution in [0, 0.1) is 5.82 Å². The minimum absolute atomic E-state index is 0.219. The van der Waals surface area contributed by atoms with Gasteiger partial charge < -0.3 is 19.7 Å². The van der Waals surface area contributed by atoms with Crippen molar-refractivity contribution in [1.82, 2.24) is 24.5 Å². The summed E-state index contributed by atoms with van der Waals surface area (Å²) in [5, 5.41) is 17.6. The largest absolute Gasteiger partial charge is 0.389 e.